The van der Waals surface area contributed by atoms with Crippen molar-refractivity contribution < 1.29 is 24.5 Å². The van der Waals surface area contributed by atoms with Gasteiger partial charge in [0.1, 0.15) is 0 Å². The maximum Gasteiger partial charge on any atom is 0.305 e. The molecule has 0 aliphatic carbocycles. The number of amides is 1. The summed E-state index contributed by atoms with van der Waals surface area (Å²) in [7, 11) is 0. The van der Waals surface area contributed by atoms with Crippen LogP contribution >= 0.6 is 0 Å². The Balaban J connectivity index is 3.40. The van der Waals surface area contributed by atoms with Crippen LogP contribution in [0.3, 0.4) is 0 Å². The Labute approximate surface area is 412 Å². The first-order chi connectivity index (χ1) is 32.5. The van der Waals surface area contributed by atoms with E-state index >= 15 is 0 Å². The molecule has 6 nitrogen and oxygen atoms in total. The summed E-state index contributed by atoms with van der Waals surface area (Å²) < 4.78 is 5.48. The molecule has 0 aromatic heterocycles. The van der Waals surface area contributed by atoms with E-state index in [1.54, 1.807) is 0 Å². The number of unbranched alkanes of at least 4 members (excludes halogenated alkanes) is 43. The number of carbonyl (C=O) groups is 2. The average molecular weight is 933 g/mol. The number of carbonyl (C=O) groups excluding carboxylic acids is 2. The fourth-order valence-electron chi connectivity index (χ4n) is 9.46. The van der Waals surface area contributed by atoms with Crippen LogP contribution in [0.4, 0.5) is 0 Å². The molecule has 0 aliphatic rings. The number of allylic oxidation sites excluding steroid dienone is 2. The van der Waals surface area contributed by atoms with Crippen molar-refractivity contribution in [2.75, 3.05) is 13.2 Å². The molecule has 0 rings (SSSR count). The van der Waals surface area contributed by atoms with Gasteiger partial charge in [-0.2, -0.15) is 0 Å². The minimum atomic E-state index is -0.668. The summed E-state index contributed by atoms with van der Waals surface area (Å²) in [6.45, 7) is 4.97. The van der Waals surface area contributed by atoms with Gasteiger partial charge in [-0.15, -0.1) is 0 Å². The number of rotatable bonds is 56. The zero-order valence-corrected chi connectivity index (χ0v) is 44.7. The summed E-state index contributed by atoms with van der Waals surface area (Å²) in [5, 5.41) is 23.3. The SMILES string of the molecule is CCCCCCCCCCCCCCCCC(=O)OCCCCCCCCCCCC/C=C\CCCCCCCCCC(=O)NC(CO)C(O)CCCCCCCCCCCCCCCC. The van der Waals surface area contributed by atoms with Gasteiger partial charge in [0, 0.05) is 12.8 Å². The first-order valence-electron chi connectivity index (χ1n) is 29.9. The van der Waals surface area contributed by atoms with Crippen molar-refractivity contribution in [3.8, 4) is 0 Å². The number of ether oxygens (including phenoxy) is 1. The Hall–Kier alpha value is -1.40. The van der Waals surface area contributed by atoms with E-state index in [2.05, 4.69) is 31.3 Å². The molecule has 0 heterocycles. The minimum absolute atomic E-state index is 0.0110. The van der Waals surface area contributed by atoms with Crippen LogP contribution in [0.1, 0.15) is 335 Å². The molecule has 1 amide bonds. The fourth-order valence-corrected chi connectivity index (χ4v) is 9.46. The molecular formula is C60H117NO5. The number of aliphatic hydroxyl groups excluding tert-OH is 2. The van der Waals surface area contributed by atoms with E-state index in [1.807, 2.05) is 0 Å². The van der Waals surface area contributed by atoms with Crippen LogP contribution in [0.15, 0.2) is 12.2 Å². The zero-order chi connectivity index (χ0) is 47.9. The molecule has 0 fully saturated rings. The van der Waals surface area contributed by atoms with Crippen molar-refractivity contribution in [1.29, 1.82) is 0 Å². The smallest absolute Gasteiger partial charge is 0.305 e. The molecule has 0 saturated heterocycles. The van der Waals surface area contributed by atoms with Gasteiger partial charge in [-0.1, -0.05) is 283 Å². The predicted molar refractivity (Wildman–Crippen MR) is 287 cm³/mol. The molecular weight excluding hydrogens is 815 g/mol. The third kappa shape index (κ3) is 52.0. The van der Waals surface area contributed by atoms with E-state index in [1.165, 1.54) is 263 Å². The third-order valence-electron chi connectivity index (χ3n) is 14.1. The molecule has 2 unspecified atom stereocenters. The van der Waals surface area contributed by atoms with Crippen LogP contribution in [0.25, 0.3) is 0 Å². The van der Waals surface area contributed by atoms with E-state index in [0.717, 1.165) is 38.5 Å². The normalized spacial score (nSPS) is 12.6. The lowest BCUT2D eigenvalue weighted by molar-refractivity contribution is -0.143. The summed E-state index contributed by atoms with van der Waals surface area (Å²) in [6, 6.07) is -0.546. The molecule has 6 heteroatoms. The monoisotopic (exact) mass is 932 g/mol. The largest absolute Gasteiger partial charge is 0.466 e. The van der Waals surface area contributed by atoms with E-state index < -0.39 is 12.1 Å². The van der Waals surface area contributed by atoms with Gasteiger partial charge in [-0.3, -0.25) is 9.59 Å². The zero-order valence-electron chi connectivity index (χ0n) is 44.7. The first kappa shape index (κ1) is 64.6. The highest BCUT2D eigenvalue weighted by Gasteiger charge is 2.20. The molecule has 0 spiro atoms. The van der Waals surface area contributed by atoms with Gasteiger partial charge < -0.3 is 20.3 Å². The average Bonchev–Trinajstić information content (AvgIpc) is 3.32. The second-order valence-corrected chi connectivity index (χ2v) is 20.7. The molecule has 392 valence electrons. The van der Waals surface area contributed by atoms with E-state index in [9.17, 15) is 19.8 Å². The lowest BCUT2D eigenvalue weighted by Gasteiger charge is -2.22. The Morgan fingerprint density at radius 3 is 1.08 bits per heavy atom. The number of hydrogen-bond acceptors (Lipinski definition) is 5. The number of esters is 1. The molecule has 0 saturated carbocycles. The van der Waals surface area contributed by atoms with Crippen LogP contribution in [0.5, 0.6) is 0 Å². The first-order valence-corrected chi connectivity index (χ1v) is 29.9. The van der Waals surface area contributed by atoms with Gasteiger partial charge in [-0.05, 0) is 51.4 Å². The van der Waals surface area contributed by atoms with Crippen LogP contribution in [0.2, 0.25) is 0 Å². The maximum atomic E-state index is 12.5. The van der Waals surface area contributed by atoms with Gasteiger partial charge in [0.25, 0.3) is 0 Å². The van der Waals surface area contributed by atoms with E-state index in [-0.39, 0.29) is 18.5 Å². The molecule has 0 radical (unpaired) electrons. The van der Waals surface area contributed by atoms with Crippen molar-refractivity contribution in [3.05, 3.63) is 12.2 Å². The van der Waals surface area contributed by atoms with E-state index in [0.29, 0.717) is 25.9 Å². The third-order valence-corrected chi connectivity index (χ3v) is 14.1. The van der Waals surface area contributed by atoms with Crippen molar-refractivity contribution >= 4 is 11.9 Å². The molecule has 0 aromatic rings. The molecule has 0 bridgehead atoms. The fraction of sp³-hybridized carbons (Fsp3) is 0.933. The van der Waals surface area contributed by atoms with Crippen LogP contribution in [-0.2, 0) is 14.3 Å². The molecule has 0 aliphatic heterocycles. The van der Waals surface area contributed by atoms with E-state index in [4.69, 9.17) is 4.74 Å². The summed E-state index contributed by atoms with van der Waals surface area (Å²) in [4.78, 5) is 24.5. The highest BCUT2D eigenvalue weighted by atomic mass is 16.5. The summed E-state index contributed by atoms with van der Waals surface area (Å²) in [5.41, 5.74) is 0. The highest BCUT2D eigenvalue weighted by Crippen LogP contribution is 2.17. The van der Waals surface area contributed by atoms with Gasteiger partial charge >= 0.3 is 5.97 Å². The lowest BCUT2D eigenvalue weighted by atomic mass is 10.0. The standard InChI is InChI=1S/C60H117NO5/c1-3-5-7-9-11-13-15-17-28-32-36-40-44-48-52-58(63)57(56-62)61-59(64)53-49-45-41-37-33-29-26-24-22-20-19-21-23-25-27-31-35-39-43-47-51-55-66-60(65)54-50-46-42-38-34-30-18-16-14-12-10-8-6-4-2/h20,22,57-58,62-63H,3-19,21,23-56H2,1-2H3,(H,61,64)/b22-20-. The lowest BCUT2D eigenvalue weighted by Crippen LogP contribution is -2.45. The second kappa shape index (κ2) is 56.2. The Morgan fingerprint density at radius 1 is 0.409 bits per heavy atom. The molecule has 2 atom stereocenters. The Morgan fingerprint density at radius 2 is 0.712 bits per heavy atom. The van der Waals surface area contributed by atoms with Crippen molar-refractivity contribution in [3.63, 3.8) is 0 Å². The number of aliphatic hydroxyl groups is 2. The topological polar surface area (TPSA) is 95.9 Å². The number of nitrogens with one attached hydrogen (secondary N) is 1. The highest BCUT2D eigenvalue weighted by molar-refractivity contribution is 5.76. The van der Waals surface area contributed by atoms with Crippen molar-refractivity contribution in [2.45, 2.75) is 347 Å². The summed E-state index contributed by atoms with van der Waals surface area (Å²) >= 11 is 0. The number of hydrogen-bond donors (Lipinski definition) is 3. The quantitative estimate of drug-likeness (QED) is 0.0321. The summed E-state index contributed by atoms with van der Waals surface area (Å²) in [5.74, 6) is -0.0299. The van der Waals surface area contributed by atoms with Crippen molar-refractivity contribution in [2.24, 2.45) is 0 Å². The van der Waals surface area contributed by atoms with Gasteiger partial charge in [0.2, 0.25) is 5.91 Å². The Kier molecular flexibility index (Phi) is 55.0. The Bertz CT molecular complexity index is 986. The maximum absolute atomic E-state index is 12.5. The van der Waals surface area contributed by atoms with Gasteiger partial charge in [0.15, 0.2) is 0 Å². The van der Waals surface area contributed by atoms with Crippen molar-refractivity contribution in [1.82, 2.24) is 5.32 Å². The van der Waals surface area contributed by atoms with Gasteiger partial charge in [0.05, 0.1) is 25.4 Å². The van der Waals surface area contributed by atoms with Gasteiger partial charge in [-0.25, -0.2) is 0 Å². The predicted octanol–water partition coefficient (Wildman–Crippen LogP) is 18.5. The van der Waals surface area contributed by atoms with Crippen LogP contribution in [-0.4, -0.2) is 47.4 Å². The summed E-state index contributed by atoms with van der Waals surface area (Å²) in [6.07, 6.45) is 66.4. The molecule has 66 heavy (non-hydrogen) atoms. The van der Waals surface area contributed by atoms with Crippen LogP contribution in [0, 0.1) is 0 Å². The minimum Gasteiger partial charge on any atom is -0.466 e. The second-order valence-electron chi connectivity index (χ2n) is 20.7. The molecule has 0 aromatic carbocycles. The molecule has 3 N–H and O–H groups in total. The van der Waals surface area contributed by atoms with Crippen LogP contribution < -0.4 is 5.32 Å².